The van der Waals surface area contributed by atoms with E-state index in [4.69, 9.17) is 0 Å². The lowest BCUT2D eigenvalue weighted by atomic mass is 10.2. The molecule has 0 saturated carbocycles. The molecule has 70 valence electrons. The third kappa shape index (κ3) is 4.16. The van der Waals surface area contributed by atoms with Crippen molar-refractivity contribution in [1.29, 1.82) is 0 Å². The second kappa shape index (κ2) is 4.96. The molecule has 0 aliphatic heterocycles. The summed E-state index contributed by atoms with van der Waals surface area (Å²) in [5.74, 6) is 0.432. The Labute approximate surface area is 76.0 Å². The van der Waals surface area contributed by atoms with Crippen LogP contribution in [0, 0.1) is 5.92 Å². The van der Waals surface area contributed by atoms with Crippen LogP contribution < -0.4 is 0 Å². The summed E-state index contributed by atoms with van der Waals surface area (Å²) in [7, 11) is 2.02. The lowest BCUT2D eigenvalue weighted by Crippen LogP contribution is -2.24. The zero-order valence-electron chi connectivity index (χ0n) is 8.83. The van der Waals surface area contributed by atoms with Gasteiger partial charge in [-0.2, -0.15) is 0 Å². The summed E-state index contributed by atoms with van der Waals surface area (Å²) in [6.45, 7) is 12.3. The first-order valence-corrected chi connectivity index (χ1v) is 4.40. The van der Waals surface area contributed by atoms with E-state index in [1.165, 1.54) is 0 Å². The van der Waals surface area contributed by atoms with Crippen molar-refractivity contribution in [1.82, 2.24) is 4.90 Å². The van der Waals surface area contributed by atoms with Crippen molar-refractivity contribution in [3.8, 4) is 0 Å². The van der Waals surface area contributed by atoms with E-state index in [1.54, 1.807) is 0 Å². The van der Waals surface area contributed by atoms with Crippen LogP contribution in [-0.2, 0) is 0 Å². The molecule has 0 aliphatic rings. The van der Waals surface area contributed by atoms with E-state index in [0.717, 1.165) is 5.70 Å². The standard InChI is InChI=1S/C10H20N2/c1-8(2)10(5)11-7-12(6)9(3)4/h7-9H,5H2,1-4,6H3/b11-7-. The van der Waals surface area contributed by atoms with Crippen LogP contribution >= 0.6 is 0 Å². The molecule has 0 rings (SSSR count). The van der Waals surface area contributed by atoms with Gasteiger partial charge in [-0.3, -0.25) is 0 Å². The minimum absolute atomic E-state index is 0.432. The molecule has 0 radical (unpaired) electrons. The van der Waals surface area contributed by atoms with Gasteiger partial charge in [-0.15, -0.1) is 0 Å². The molecule has 0 bridgehead atoms. The summed E-state index contributed by atoms with van der Waals surface area (Å²) in [6, 6.07) is 0.494. The van der Waals surface area contributed by atoms with Gasteiger partial charge in [0.15, 0.2) is 0 Å². The molecule has 0 fully saturated rings. The van der Waals surface area contributed by atoms with Gasteiger partial charge in [-0.05, 0) is 19.8 Å². The highest BCUT2D eigenvalue weighted by molar-refractivity contribution is 5.56. The Morgan fingerprint density at radius 1 is 1.33 bits per heavy atom. The fraction of sp³-hybridized carbons (Fsp3) is 0.700. The molecule has 0 aromatic heterocycles. The lowest BCUT2D eigenvalue weighted by Gasteiger charge is -2.17. The number of allylic oxidation sites excluding steroid dienone is 1. The molecule has 12 heavy (non-hydrogen) atoms. The van der Waals surface area contributed by atoms with Crippen LogP contribution in [0.1, 0.15) is 27.7 Å². The topological polar surface area (TPSA) is 15.6 Å². The molecular formula is C10H20N2. The molecule has 0 heterocycles. The van der Waals surface area contributed by atoms with E-state index in [9.17, 15) is 0 Å². The van der Waals surface area contributed by atoms with Crippen molar-refractivity contribution >= 4 is 6.34 Å². The Hall–Kier alpha value is -0.790. The van der Waals surface area contributed by atoms with E-state index in [2.05, 4.69) is 44.2 Å². The van der Waals surface area contributed by atoms with E-state index in [-0.39, 0.29) is 0 Å². The maximum Gasteiger partial charge on any atom is 0.0907 e. The second-order valence-electron chi connectivity index (χ2n) is 3.65. The van der Waals surface area contributed by atoms with E-state index in [1.807, 2.05) is 13.4 Å². The molecule has 2 heteroatoms. The summed E-state index contributed by atoms with van der Waals surface area (Å²) in [6.07, 6.45) is 1.84. The van der Waals surface area contributed by atoms with Crippen molar-refractivity contribution in [2.24, 2.45) is 10.9 Å². The van der Waals surface area contributed by atoms with Crippen molar-refractivity contribution in [3.05, 3.63) is 12.3 Å². The van der Waals surface area contributed by atoms with Gasteiger partial charge < -0.3 is 4.90 Å². The Balaban J connectivity index is 3.98. The maximum atomic E-state index is 4.25. The molecule has 0 aromatic rings. The highest BCUT2D eigenvalue weighted by atomic mass is 15.1. The van der Waals surface area contributed by atoms with Crippen LogP contribution in [0.15, 0.2) is 17.3 Å². The number of hydrogen-bond donors (Lipinski definition) is 0. The van der Waals surface area contributed by atoms with Crippen LogP contribution in [0.5, 0.6) is 0 Å². The minimum Gasteiger partial charge on any atom is -0.363 e. The van der Waals surface area contributed by atoms with Gasteiger partial charge in [0.25, 0.3) is 0 Å². The van der Waals surface area contributed by atoms with Gasteiger partial charge in [-0.25, -0.2) is 4.99 Å². The molecule has 0 atom stereocenters. The molecule has 0 unspecified atom stereocenters. The molecule has 0 saturated heterocycles. The average molecular weight is 168 g/mol. The zero-order chi connectivity index (χ0) is 9.72. The van der Waals surface area contributed by atoms with Crippen LogP contribution in [0.2, 0.25) is 0 Å². The predicted octanol–water partition coefficient (Wildman–Crippen LogP) is 2.52. The zero-order valence-corrected chi connectivity index (χ0v) is 8.83. The average Bonchev–Trinajstić information content (AvgIpc) is 1.98. The van der Waals surface area contributed by atoms with Crippen LogP contribution in [0.25, 0.3) is 0 Å². The van der Waals surface area contributed by atoms with Crippen molar-refractivity contribution < 1.29 is 0 Å². The summed E-state index contributed by atoms with van der Waals surface area (Å²) in [5.41, 5.74) is 0.933. The van der Waals surface area contributed by atoms with Crippen molar-refractivity contribution in [3.63, 3.8) is 0 Å². The summed E-state index contributed by atoms with van der Waals surface area (Å²) < 4.78 is 0. The van der Waals surface area contributed by atoms with Gasteiger partial charge in [0, 0.05) is 18.8 Å². The van der Waals surface area contributed by atoms with E-state index in [0.29, 0.717) is 12.0 Å². The molecule has 2 nitrogen and oxygen atoms in total. The SMILES string of the molecule is C=C(/N=C\N(C)C(C)C)C(C)C. The molecule has 0 spiro atoms. The van der Waals surface area contributed by atoms with Gasteiger partial charge in [0.05, 0.1) is 6.34 Å². The third-order valence-corrected chi connectivity index (χ3v) is 1.89. The van der Waals surface area contributed by atoms with Gasteiger partial charge >= 0.3 is 0 Å². The van der Waals surface area contributed by atoms with Crippen molar-refractivity contribution in [2.75, 3.05) is 7.05 Å². The first-order valence-electron chi connectivity index (χ1n) is 4.40. The molecule has 0 N–H and O–H groups in total. The van der Waals surface area contributed by atoms with E-state index >= 15 is 0 Å². The quantitative estimate of drug-likeness (QED) is 0.465. The number of hydrogen-bond acceptors (Lipinski definition) is 1. The van der Waals surface area contributed by atoms with Gasteiger partial charge in [-0.1, -0.05) is 20.4 Å². The summed E-state index contributed by atoms with van der Waals surface area (Å²) in [5, 5.41) is 0. The molecule has 0 amide bonds. The highest BCUT2D eigenvalue weighted by Gasteiger charge is 1.99. The maximum absolute atomic E-state index is 4.25. The first-order chi connectivity index (χ1) is 5.45. The molecule has 0 aromatic carbocycles. The number of rotatable bonds is 4. The number of aliphatic imine (C=N–C) groups is 1. The minimum atomic E-state index is 0.432. The third-order valence-electron chi connectivity index (χ3n) is 1.89. The van der Waals surface area contributed by atoms with Gasteiger partial charge in [0.1, 0.15) is 0 Å². The van der Waals surface area contributed by atoms with Gasteiger partial charge in [0.2, 0.25) is 0 Å². The molecular weight excluding hydrogens is 148 g/mol. The smallest absolute Gasteiger partial charge is 0.0907 e. The first kappa shape index (κ1) is 11.2. The Morgan fingerprint density at radius 2 is 1.83 bits per heavy atom. The molecule has 0 aliphatic carbocycles. The summed E-state index contributed by atoms with van der Waals surface area (Å²) >= 11 is 0. The fourth-order valence-electron chi connectivity index (χ4n) is 0.448. The fourth-order valence-corrected chi connectivity index (χ4v) is 0.448. The number of nitrogens with zero attached hydrogens (tertiary/aromatic N) is 2. The largest absolute Gasteiger partial charge is 0.363 e. The Bertz CT molecular complexity index is 169. The predicted molar refractivity (Wildman–Crippen MR) is 55.4 cm³/mol. The Morgan fingerprint density at radius 3 is 2.17 bits per heavy atom. The van der Waals surface area contributed by atoms with Crippen LogP contribution in [-0.4, -0.2) is 24.3 Å². The van der Waals surface area contributed by atoms with Crippen LogP contribution in [0.3, 0.4) is 0 Å². The highest BCUT2D eigenvalue weighted by Crippen LogP contribution is 2.06. The lowest BCUT2D eigenvalue weighted by molar-refractivity contribution is 0.428. The Kier molecular flexibility index (Phi) is 4.64. The second-order valence-corrected chi connectivity index (χ2v) is 3.65. The summed E-state index contributed by atoms with van der Waals surface area (Å²) in [4.78, 5) is 6.31. The monoisotopic (exact) mass is 168 g/mol. The van der Waals surface area contributed by atoms with E-state index < -0.39 is 0 Å². The van der Waals surface area contributed by atoms with Crippen LogP contribution in [0.4, 0.5) is 0 Å². The normalized spacial score (nSPS) is 11.6. The van der Waals surface area contributed by atoms with Crippen molar-refractivity contribution in [2.45, 2.75) is 33.7 Å².